The molecule has 2 atom stereocenters. The van der Waals surface area contributed by atoms with Gasteiger partial charge in [-0.15, -0.1) is 0 Å². The van der Waals surface area contributed by atoms with E-state index in [1.54, 1.807) is 0 Å². The summed E-state index contributed by atoms with van der Waals surface area (Å²) < 4.78 is 0. The Labute approximate surface area is 63.5 Å². The summed E-state index contributed by atoms with van der Waals surface area (Å²) in [6, 6.07) is 0.674. The zero-order valence-electron chi connectivity index (χ0n) is 6.93. The molecule has 1 aliphatic carbocycles. The van der Waals surface area contributed by atoms with Gasteiger partial charge in [0.25, 0.3) is 0 Å². The van der Waals surface area contributed by atoms with Gasteiger partial charge in [-0.1, -0.05) is 12.2 Å². The topological polar surface area (TPSA) is 12.0 Å². The maximum atomic E-state index is 3.26. The Morgan fingerprint density at radius 1 is 1.70 bits per heavy atom. The molecule has 58 valence electrons. The lowest BCUT2D eigenvalue weighted by Gasteiger charge is -2.13. The van der Waals surface area contributed by atoms with Gasteiger partial charge in [-0.25, -0.2) is 0 Å². The van der Waals surface area contributed by atoms with Crippen molar-refractivity contribution in [1.82, 2.24) is 5.32 Å². The standard InChI is InChI=1S/C9H17N/c1-8(10-2)7-9-5-3-4-6-9/h3,5,8-10H,4,6-7H2,1-2H3. The van der Waals surface area contributed by atoms with E-state index in [4.69, 9.17) is 0 Å². The monoisotopic (exact) mass is 139 g/mol. The molecule has 0 bridgehead atoms. The van der Waals surface area contributed by atoms with Gasteiger partial charge in [-0.3, -0.25) is 0 Å². The highest BCUT2D eigenvalue weighted by molar-refractivity contribution is 4.96. The van der Waals surface area contributed by atoms with Crippen LogP contribution in [-0.2, 0) is 0 Å². The van der Waals surface area contributed by atoms with E-state index < -0.39 is 0 Å². The van der Waals surface area contributed by atoms with Crippen molar-refractivity contribution >= 4 is 0 Å². The average molecular weight is 139 g/mol. The van der Waals surface area contributed by atoms with Gasteiger partial charge in [0.05, 0.1) is 0 Å². The molecule has 1 aliphatic rings. The quantitative estimate of drug-likeness (QED) is 0.589. The summed E-state index contributed by atoms with van der Waals surface area (Å²) in [7, 11) is 2.03. The molecule has 0 spiro atoms. The zero-order chi connectivity index (χ0) is 7.40. The lowest BCUT2D eigenvalue weighted by Crippen LogP contribution is -2.23. The highest BCUT2D eigenvalue weighted by Crippen LogP contribution is 2.21. The molecule has 0 aromatic heterocycles. The van der Waals surface area contributed by atoms with E-state index in [9.17, 15) is 0 Å². The molecule has 0 aliphatic heterocycles. The van der Waals surface area contributed by atoms with Crippen LogP contribution in [0.15, 0.2) is 12.2 Å². The van der Waals surface area contributed by atoms with Gasteiger partial charge >= 0.3 is 0 Å². The third-order valence-corrected chi connectivity index (χ3v) is 2.26. The molecule has 0 amide bonds. The molecule has 1 rings (SSSR count). The van der Waals surface area contributed by atoms with E-state index in [0.717, 1.165) is 5.92 Å². The second kappa shape index (κ2) is 3.77. The molecule has 1 N–H and O–H groups in total. The largest absolute Gasteiger partial charge is 0.317 e. The van der Waals surface area contributed by atoms with Gasteiger partial charge in [-0.2, -0.15) is 0 Å². The molecule has 0 saturated heterocycles. The molecule has 1 heteroatoms. The Kier molecular flexibility index (Phi) is 2.94. The number of hydrogen-bond acceptors (Lipinski definition) is 1. The molecular weight excluding hydrogens is 122 g/mol. The average Bonchev–Trinajstić information content (AvgIpc) is 2.40. The van der Waals surface area contributed by atoms with Gasteiger partial charge in [0.1, 0.15) is 0 Å². The first-order valence-corrected chi connectivity index (χ1v) is 4.17. The van der Waals surface area contributed by atoms with Gasteiger partial charge in [-0.05, 0) is 39.2 Å². The normalized spacial score (nSPS) is 27.2. The van der Waals surface area contributed by atoms with Crippen molar-refractivity contribution in [3.63, 3.8) is 0 Å². The summed E-state index contributed by atoms with van der Waals surface area (Å²) in [5.74, 6) is 0.849. The maximum Gasteiger partial charge on any atom is 0.00413 e. The fraction of sp³-hybridized carbons (Fsp3) is 0.778. The van der Waals surface area contributed by atoms with E-state index in [0.29, 0.717) is 6.04 Å². The number of nitrogens with one attached hydrogen (secondary N) is 1. The predicted molar refractivity (Wildman–Crippen MR) is 45.0 cm³/mol. The first-order valence-electron chi connectivity index (χ1n) is 4.17. The van der Waals surface area contributed by atoms with Crippen LogP contribution in [0.25, 0.3) is 0 Å². The van der Waals surface area contributed by atoms with Crippen molar-refractivity contribution in [2.75, 3.05) is 7.05 Å². The van der Waals surface area contributed by atoms with Crippen LogP contribution < -0.4 is 5.32 Å². The molecular formula is C9H17N. The Balaban J connectivity index is 2.18. The van der Waals surface area contributed by atoms with Crippen molar-refractivity contribution < 1.29 is 0 Å². The van der Waals surface area contributed by atoms with E-state index >= 15 is 0 Å². The third-order valence-electron chi connectivity index (χ3n) is 2.26. The minimum absolute atomic E-state index is 0.674. The summed E-state index contributed by atoms with van der Waals surface area (Å²) in [6.07, 6.45) is 8.61. The van der Waals surface area contributed by atoms with Crippen molar-refractivity contribution in [1.29, 1.82) is 0 Å². The Hall–Kier alpha value is -0.300. The lowest BCUT2D eigenvalue weighted by atomic mass is 10.0. The minimum Gasteiger partial charge on any atom is -0.317 e. The molecule has 1 nitrogen and oxygen atoms in total. The van der Waals surface area contributed by atoms with E-state index in [-0.39, 0.29) is 0 Å². The van der Waals surface area contributed by atoms with Crippen molar-refractivity contribution in [2.45, 2.75) is 32.2 Å². The van der Waals surface area contributed by atoms with Crippen LogP contribution >= 0.6 is 0 Å². The highest BCUT2D eigenvalue weighted by atomic mass is 14.8. The van der Waals surface area contributed by atoms with Crippen LogP contribution in [0.2, 0.25) is 0 Å². The Bertz CT molecular complexity index is 118. The van der Waals surface area contributed by atoms with Crippen molar-refractivity contribution in [3.05, 3.63) is 12.2 Å². The zero-order valence-corrected chi connectivity index (χ0v) is 6.93. The molecule has 0 fully saturated rings. The first-order chi connectivity index (χ1) is 4.83. The van der Waals surface area contributed by atoms with Gasteiger partial charge in [0, 0.05) is 6.04 Å². The molecule has 2 unspecified atom stereocenters. The Morgan fingerprint density at radius 2 is 2.50 bits per heavy atom. The van der Waals surface area contributed by atoms with Crippen LogP contribution in [-0.4, -0.2) is 13.1 Å². The second-order valence-corrected chi connectivity index (χ2v) is 3.19. The second-order valence-electron chi connectivity index (χ2n) is 3.19. The van der Waals surface area contributed by atoms with Gasteiger partial charge in [0.15, 0.2) is 0 Å². The van der Waals surface area contributed by atoms with E-state index in [1.165, 1.54) is 19.3 Å². The van der Waals surface area contributed by atoms with Crippen molar-refractivity contribution in [3.8, 4) is 0 Å². The summed E-state index contributed by atoms with van der Waals surface area (Å²) in [5, 5.41) is 3.26. The molecule has 0 radical (unpaired) electrons. The number of rotatable bonds is 3. The van der Waals surface area contributed by atoms with Crippen molar-refractivity contribution in [2.24, 2.45) is 5.92 Å². The fourth-order valence-corrected chi connectivity index (χ4v) is 1.46. The highest BCUT2D eigenvalue weighted by Gasteiger charge is 2.11. The van der Waals surface area contributed by atoms with E-state index in [2.05, 4.69) is 24.4 Å². The number of hydrogen-bond donors (Lipinski definition) is 1. The van der Waals surface area contributed by atoms with Crippen LogP contribution in [0.3, 0.4) is 0 Å². The van der Waals surface area contributed by atoms with Gasteiger partial charge < -0.3 is 5.32 Å². The maximum absolute atomic E-state index is 3.26. The molecule has 0 aromatic carbocycles. The Morgan fingerprint density at radius 3 is 3.00 bits per heavy atom. The SMILES string of the molecule is CNC(C)CC1C=CCC1. The summed E-state index contributed by atoms with van der Waals surface area (Å²) in [4.78, 5) is 0. The fourth-order valence-electron chi connectivity index (χ4n) is 1.46. The van der Waals surface area contributed by atoms with Gasteiger partial charge in [0.2, 0.25) is 0 Å². The first kappa shape index (κ1) is 7.80. The summed E-state index contributed by atoms with van der Waals surface area (Å²) in [5.41, 5.74) is 0. The summed E-state index contributed by atoms with van der Waals surface area (Å²) in [6.45, 7) is 2.24. The van der Waals surface area contributed by atoms with E-state index in [1.807, 2.05) is 7.05 Å². The van der Waals surface area contributed by atoms with Crippen LogP contribution in [0, 0.1) is 5.92 Å². The molecule has 0 aromatic rings. The predicted octanol–water partition coefficient (Wildman–Crippen LogP) is 1.95. The number of allylic oxidation sites excluding steroid dienone is 2. The smallest absolute Gasteiger partial charge is 0.00413 e. The van der Waals surface area contributed by atoms with Crippen LogP contribution in [0.4, 0.5) is 0 Å². The lowest BCUT2D eigenvalue weighted by molar-refractivity contribution is 0.470. The summed E-state index contributed by atoms with van der Waals surface area (Å²) >= 11 is 0. The molecule has 0 saturated carbocycles. The third kappa shape index (κ3) is 2.14. The van der Waals surface area contributed by atoms with Crippen LogP contribution in [0.1, 0.15) is 26.2 Å². The molecule has 0 heterocycles. The molecule has 10 heavy (non-hydrogen) atoms. The van der Waals surface area contributed by atoms with Crippen LogP contribution in [0.5, 0.6) is 0 Å². The minimum atomic E-state index is 0.674.